The molecule has 1 aliphatic heterocycles. The minimum absolute atomic E-state index is 0.181. The van der Waals surface area contributed by atoms with Crippen LogP contribution < -0.4 is 0 Å². The van der Waals surface area contributed by atoms with E-state index in [9.17, 15) is 4.79 Å². The molecule has 4 heteroatoms. The Labute approximate surface area is 72.1 Å². The number of aliphatic hydroxyl groups is 1. The highest BCUT2D eigenvalue weighted by molar-refractivity contribution is 5.69. The van der Waals surface area contributed by atoms with Crippen molar-refractivity contribution < 1.29 is 14.6 Å². The molecule has 4 nitrogen and oxygen atoms in total. The summed E-state index contributed by atoms with van der Waals surface area (Å²) >= 11 is 0. The van der Waals surface area contributed by atoms with E-state index in [1.807, 2.05) is 6.92 Å². The zero-order chi connectivity index (χ0) is 9.14. The number of β-amino-alcohol motifs (C(OH)–C–C–N with tert-alkyl or cyclic N) is 1. The second-order valence-electron chi connectivity index (χ2n) is 3.24. The molecule has 1 saturated heterocycles. The van der Waals surface area contributed by atoms with Crippen LogP contribution in [-0.2, 0) is 9.53 Å². The van der Waals surface area contributed by atoms with Crippen LogP contribution in [0.4, 0.5) is 0 Å². The van der Waals surface area contributed by atoms with Gasteiger partial charge in [-0.2, -0.15) is 0 Å². The summed E-state index contributed by atoms with van der Waals surface area (Å²) in [6.07, 6.45) is 0.202. The van der Waals surface area contributed by atoms with Crippen LogP contribution in [0.15, 0.2) is 0 Å². The van der Waals surface area contributed by atoms with Gasteiger partial charge in [-0.25, -0.2) is 0 Å². The first kappa shape index (κ1) is 9.48. The number of carbonyl (C=O) groups is 1. The average molecular weight is 173 g/mol. The van der Waals surface area contributed by atoms with Crippen LogP contribution >= 0.6 is 0 Å². The van der Waals surface area contributed by atoms with Gasteiger partial charge in [0.2, 0.25) is 0 Å². The molecular formula is C8H15NO3. The molecule has 0 aromatic carbocycles. The Morgan fingerprint density at radius 3 is 2.75 bits per heavy atom. The van der Waals surface area contributed by atoms with Gasteiger partial charge in [0.15, 0.2) is 0 Å². The number of carbonyl (C=O) groups excluding carboxylic acids is 1. The van der Waals surface area contributed by atoms with Crippen LogP contribution in [0.1, 0.15) is 13.3 Å². The van der Waals surface area contributed by atoms with Crippen molar-refractivity contribution in [2.24, 2.45) is 0 Å². The maximum atomic E-state index is 10.8. The number of hydrogen-bond acceptors (Lipinski definition) is 4. The maximum absolute atomic E-state index is 10.8. The van der Waals surface area contributed by atoms with Gasteiger partial charge in [0, 0.05) is 19.1 Å². The molecule has 0 spiro atoms. The van der Waals surface area contributed by atoms with Crippen LogP contribution in [0, 0.1) is 0 Å². The molecule has 1 aliphatic rings. The lowest BCUT2D eigenvalue weighted by atomic mass is 10.1. The molecule has 1 atom stereocenters. The van der Waals surface area contributed by atoms with Crippen molar-refractivity contribution in [3.05, 3.63) is 0 Å². The fourth-order valence-electron chi connectivity index (χ4n) is 1.30. The van der Waals surface area contributed by atoms with Crippen molar-refractivity contribution >= 4 is 5.97 Å². The number of methoxy groups -OCH3 is 1. The number of aliphatic hydroxyl groups excluding tert-OH is 1. The number of hydrogen-bond donors (Lipinski definition) is 1. The third-order valence-electron chi connectivity index (χ3n) is 2.20. The van der Waals surface area contributed by atoms with Gasteiger partial charge in [0.25, 0.3) is 0 Å². The van der Waals surface area contributed by atoms with Crippen LogP contribution in [0.5, 0.6) is 0 Å². The predicted octanol–water partition coefficient (Wildman–Crippen LogP) is -0.385. The van der Waals surface area contributed by atoms with E-state index in [0.29, 0.717) is 19.5 Å². The maximum Gasteiger partial charge on any atom is 0.307 e. The summed E-state index contributed by atoms with van der Waals surface area (Å²) < 4.78 is 4.54. The summed E-state index contributed by atoms with van der Waals surface area (Å²) in [5.74, 6) is -0.191. The smallest absolute Gasteiger partial charge is 0.307 e. The minimum Gasteiger partial charge on any atom is -0.469 e. The summed E-state index contributed by atoms with van der Waals surface area (Å²) in [6.45, 7) is 3.32. The molecule has 70 valence electrons. The molecule has 0 aromatic heterocycles. The molecule has 1 unspecified atom stereocenters. The first-order chi connectivity index (χ1) is 5.63. The fraction of sp³-hybridized carbons (Fsp3) is 0.875. The summed E-state index contributed by atoms with van der Waals surface area (Å²) in [7, 11) is 1.39. The molecule has 1 heterocycles. The third kappa shape index (κ3) is 2.19. The lowest BCUT2D eigenvalue weighted by molar-refractivity contribution is -0.143. The Balaban J connectivity index is 2.20. The number of likely N-dealkylation sites (tertiary alicyclic amines) is 1. The SMILES string of the molecule is COC(=O)CC(C)N1CC(O)C1. The van der Waals surface area contributed by atoms with Crippen molar-refractivity contribution in [2.75, 3.05) is 20.2 Å². The van der Waals surface area contributed by atoms with Crippen LogP contribution in [0.3, 0.4) is 0 Å². The van der Waals surface area contributed by atoms with Crippen LogP contribution in [-0.4, -0.2) is 48.3 Å². The molecule has 0 amide bonds. The van der Waals surface area contributed by atoms with Crippen molar-refractivity contribution in [2.45, 2.75) is 25.5 Å². The predicted molar refractivity (Wildman–Crippen MR) is 43.7 cm³/mol. The lowest BCUT2D eigenvalue weighted by Gasteiger charge is -2.39. The standard InChI is InChI=1S/C8H15NO3/c1-6(3-8(11)12-2)9-4-7(10)5-9/h6-7,10H,3-5H2,1-2H3. The van der Waals surface area contributed by atoms with Gasteiger partial charge in [-0.1, -0.05) is 0 Å². The fourth-order valence-corrected chi connectivity index (χ4v) is 1.30. The van der Waals surface area contributed by atoms with E-state index >= 15 is 0 Å². The van der Waals surface area contributed by atoms with E-state index in [4.69, 9.17) is 5.11 Å². The lowest BCUT2D eigenvalue weighted by Crippen LogP contribution is -2.54. The second kappa shape index (κ2) is 3.87. The molecule has 0 saturated carbocycles. The van der Waals surface area contributed by atoms with E-state index in [-0.39, 0.29) is 18.1 Å². The van der Waals surface area contributed by atoms with Gasteiger partial charge in [-0.3, -0.25) is 9.69 Å². The van der Waals surface area contributed by atoms with Gasteiger partial charge < -0.3 is 9.84 Å². The van der Waals surface area contributed by atoms with Crippen molar-refractivity contribution in [3.8, 4) is 0 Å². The highest BCUT2D eigenvalue weighted by atomic mass is 16.5. The van der Waals surface area contributed by atoms with Gasteiger partial charge >= 0.3 is 5.97 Å². The van der Waals surface area contributed by atoms with E-state index in [0.717, 1.165) is 0 Å². The Hall–Kier alpha value is -0.610. The number of nitrogens with zero attached hydrogens (tertiary/aromatic N) is 1. The minimum atomic E-state index is -0.204. The molecular weight excluding hydrogens is 158 g/mol. The number of rotatable bonds is 3. The van der Waals surface area contributed by atoms with E-state index in [1.54, 1.807) is 0 Å². The third-order valence-corrected chi connectivity index (χ3v) is 2.20. The Morgan fingerprint density at radius 1 is 1.75 bits per heavy atom. The van der Waals surface area contributed by atoms with E-state index in [2.05, 4.69) is 9.64 Å². The Bertz CT molecular complexity index is 166. The zero-order valence-corrected chi connectivity index (χ0v) is 7.49. The van der Waals surface area contributed by atoms with Gasteiger partial charge in [0.05, 0.1) is 19.6 Å². The Kier molecular flexibility index (Phi) is 3.05. The first-order valence-electron chi connectivity index (χ1n) is 4.12. The largest absolute Gasteiger partial charge is 0.469 e. The molecule has 0 bridgehead atoms. The monoisotopic (exact) mass is 173 g/mol. The van der Waals surface area contributed by atoms with Crippen molar-refractivity contribution in [3.63, 3.8) is 0 Å². The second-order valence-corrected chi connectivity index (χ2v) is 3.24. The molecule has 12 heavy (non-hydrogen) atoms. The first-order valence-corrected chi connectivity index (χ1v) is 4.12. The van der Waals surface area contributed by atoms with Gasteiger partial charge in [0.1, 0.15) is 0 Å². The highest BCUT2D eigenvalue weighted by Crippen LogP contribution is 2.14. The molecule has 0 aliphatic carbocycles. The zero-order valence-electron chi connectivity index (χ0n) is 7.49. The summed E-state index contributed by atoms with van der Waals surface area (Å²) in [4.78, 5) is 12.9. The molecule has 1 N–H and O–H groups in total. The molecule has 1 fully saturated rings. The van der Waals surface area contributed by atoms with Crippen molar-refractivity contribution in [1.29, 1.82) is 0 Å². The number of ether oxygens (including phenoxy) is 1. The summed E-state index contributed by atoms with van der Waals surface area (Å²) in [5, 5.41) is 9.00. The Morgan fingerprint density at radius 2 is 2.33 bits per heavy atom. The molecule has 1 rings (SSSR count). The summed E-state index contributed by atoms with van der Waals surface area (Å²) in [5.41, 5.74) is 0. The van der Waals surface area contributed by atoms with E-state index in [1.165, 1.54) is 7.11 Å². The number of esters is 1. The normalized spacial score (nSPS) is 21.6. The molecule has 0 radical (unpaired) electrons. The quantitative estimate of drug-likeness (QED) is 0.591. The van der Waals surface area contributed by atoms with E-state index < -0.39 is 0 Å². The summed E-state index contributed by atoms with van der Waals surface area (Å²) in [6, 6.07) is 0.181. The molecule has 0 aromatic rings. The van der Waals surface area contributed by atoms with Crippen LogP contribution in [0.2, 0.25) is 0 Å². The average Bonchev–Trinajstić information content (AvgIpc) is 1.98. The van der Waals surface area contributed by atoms with Gasteiger partial charge in [-0.15, -0.1) is 0 Å². The van der Waals surface area contributed by atoms with Crippen LogP contribution in [0.25, 0.3) is 0 Å². The highest BCUT2D eigenvalue weighted by Gasteiger charge is 2.29. The van der Waals surface area contributed by atoms with Crippen molar-refractivity contribution in [1.82, 2.24) is 4.90 Å². The topological polar surface area (TPSA) is 49.8 Å². The van der Waals surface area contributed by atoms with Gasteiger partial charge in [-0.05, 0) is 6.92 Å².